The highest BCUT2D eigenvalue weighted by atomic mass is 16.2. The van der Waals surface area contributed by atoms with Crippen molar-refractivity contribution in [2.24, 2.45) is 5.73 Å². The average molecular weight is 263 g/mol. The van der Waals surface area contributed by atoms with Gasteiger partial charge in [0.1, 0.15) is 0 Å². The van der Waals surface area contributed by atoms with E-state index in [4.69, 9.17) is 5.73 Å². The number of hydrogen-bond donors (Lipinski definition) is 2. The molecule has 0 fully saturated rings. The fraction of sp³-hybridized carbons (Fsp3) is 0.533. The molecule has 4 nitrogen and oxygen atoms in total. The summed E-state index contributed by atoms with van der Waals surface area (Å²) in [6.07, 6.45) is 2.22. The molecule has 4 heteroatoms. The molecule has 106 valence electrons. The van der Waals surface area contributed by atoms with E-state index in [0.717, 1.165) is 37.2 Å². The van der Waals surface area contributed by atoms with Crippen molar-refractivity contribution in [1.29, 1.82) is 0 Å². The lowest BCUT2D eigenvalue weighted by Crippen LogP contribution is -2.37. The van der Waals surface area contributed by atoms with Gasteiger partial charge in [0.05, 0.1) is 6.54 Å². The first-order valence-corrected chi connectivity index (χ1v) is 6.95. The number of benzene rings is 1. The molecule has 3 N–H and O–H groups in total. The second-order valence-electron chi connectivity index (χ2n) is 4.78. The van der Waals surface area contributed by atoms with Crippen molar-refractivity contribution in [2.45, 2.75) is 26.7 Å². The summed E-state index contributed by atoms with van der Waals surface area (Å²) in [5.41, 5.74) is 7.54. The molecule has 0 unspecified atom stereocenters. The number of carbonyl (C=O) groups excluding carboxylic acids is 1. The summed E-state index contributed by atoms with van der Waals surface area (Å²) in [7, 11) is 0. The number of nitrogens with one attached hydrogen (secondary N) is 1. The summed E-state index contributed by atoms with van der Waals surface area (Å²) >= 11 is 0. The van der Waals surface area contributed by atoms with Crippen LogP contribution >= 0.6 is 0 Å². The van der Waals surface area contributed by atoms with Gasteiger partial charge < -0.3 is 11.1 Å². The topological polar surface area (TPSA) is 58.4 Å². The molecule has 1 aromatic carbocycles. The first-order valence-electron chi connectivity index (χ1n) is 6.95. The van der Waals surface area contributed by atoms with Gasteiger partial charge in [0.25, 0.3) is 0 Å². The van der Waals surface area contributed by atoms with Gasteiger partial charge in [-0.1, -0.05) is 31.5 Å². The van der Waals surface area contributed by atoms with Gasteiger partial charge in [0.15, 0.2) is 0 Å². The molecule has 0 saturated carbocycles. The van der Waals surface area contributed by atoms with Crippen LogP contribution in [0.3, 0.4) is 0 Å². The third kappa shape index (κ3) is 5.85. The van der Waals surface area contributed by atoms with E-state index in [1.54, 1.807) is 0 Å². The van der Waals surface area contributed by atoms with Gasteiger partial charge in [-0.25, -0.2) is 0 Å². The number of para-hydroxylation sites is 1. The molecule has 0 atom stereocenters. The van der Waals surface area contributed by atoms with E-state index < -0.39 is 0 Å². The number of unbranched alkanes of at least 4 members (excludes halogenated alkanes) is 1. The minimum Gasteiger partial charge on any atom is -0.329 e. The quantitative estimate of drug-likeness (QED) is 0.754. The molecular weight excluding hydrogens is 238 g/mol. The third-order valence-corrected chi connectivity index (χ3v) is 3.06. The molecule has 0 bridgehead atoms. The Labute approximate surface area is 116 Å². The number of hydrogen-bond acceptors (Lipinski definition) is 3. The van der Waals surface area contributed by atoms with Crippen LogP contribution in [0.5, 0.6) is 0 Å². The van der Waals surface area contributed by atoms with Crippen LogP contribution in [0.1, 0.15) is 25.3 Å². The molecule has 0 spiro atoms. The third-order valence-electron chi connectivity index (χ3n) is 3.06. The Hall–Kier alpha value is -1.39. The zero-order valence-electron chi connectivity index (χ0n) is 12.0. The fourth-order valence-electron chi connectivity index (χ4n) is 1.94. The molecule has 0 aliphatic carbocycles. The highest BCUT2D eigenvalue weighted by Gasteiger charge is 2.10. The Bertz CT molecular complexity index is 393. The van der Waals surface area contributed by atoms with Crippen molar-refractivity contribution in [3.63, 3.8) is 0 Å². The molecule has 0 aliphatic heterocycles. The summed E-state index contributed by atoms with van der Waals surface area (Å²) in [6, 6.07) is 7.81. The second-order valence-corrected chi connectivity index (χ2v) is 4.78. The van der Waals surface area contributed by atoms with Crippen LogP contribution in [-0.4, -0.2) is 37.0 Å². The van der Waals surface area contributed by atoms with E-state index in [-0.39, 0.29) is 5.91 Å². The molecular formula is C15H25N3O. The van der Waals surface area contributed by atoms with Crippen molar-refractivity contribution < 1.29 is 4.79 Å². The molecule has 0 aliphatic rings. The van der Waals surface area contributed by atoms with Crippen LogP contribution in [0.15, 0.2) is 24.3 Å². The normalized spacial score (nSPS) is 10.7. The lowest BCUT2D eigenvalue weighted by molar-refractivity contribution is -0.117. The van der Waals surface area contributed by atoms with Crippen molar-refractivity contribution >= 4 is 11.6 Å². The Balaban J connectivity index is 2.50. The van der Waals surface area contributed by atoms with E-state index in [1.807, 2.05) is 31.2 Å². The standard InChI is InChI=1S/C15H25N3O/c1-3-4-10-18(11-9-16)12-15(19)17-14-8-6-5-7-13(14)2/h5-8H,3-4,9-12,16H2,1-2H3,(H,17,19). The summed E-state index contributed by atoms with van der Waals surface area (Å²) in [5.74, 6) is 0.0267. The monoisotopic (exact) mass is 263 g/mol. The van der Waals surface area contributed by atoms with Gasteiger partial charge in [0.2, 0.25) is 5.91 Å². The largest absolute Gasteiger partial charge is 0.329 e. The Kier molecular flexibility index (Phi) is 7.15. The van der Waals surface area contributed by atoms with Crippen LogP contribution in [0.4, 0.5) is 5.69 Å². The maximum absolute atomic E-state index is 12.0. The first-order chi connectivity index (χ1) is 9.17. The molecule has 1 amide bonds. The maximum Gasteiger partial charge on any atom is 0.238 e. The maximum atomic E-state index is 12.0. The number of rotatable bonds is 8. The van der Waals surface area contributed by atoms with Crippen molar-refractivity contribution in [2.75, 3.05) is 31.5 Å². The number of nitrogens with zero attached hydrogens (tertiary/aromatic N) is 1. The van der Waals surface area contributed by atoms with Crippen molar-refractivity contribution in [1.82, 2.24) is 4.90 Å². The highest BCUT2D eigenvalue weighted by molar-refractivity contribution is 5.92. The van der Waals surface area contributed by atoms with Crippen LogP contribution in [-0.2, 0) is 4.79 Å². The first kappa shape index (κ1) is 15.7. The Morgan fingerprint density at radius 2 is 2.05 bits per heavy atom. The minimum absolute atomic E-state index is 0.0267. The van der Waals surface area contributed by atoms with Gasteiger partial charge in [-0.3, -0.25) is 9.69 Å². The van der Waals surface area contributed by atoms with Crippen molar-refractivity contribution in [3.8, 4) is 0 Å². The molecule has 0 heterocycles. The minimum atomic E-state index is 0.0267. The van der Waals surface area contributed by atoms with Gasteiger partial charge in [-0.15, -0.1) is 0 Å². The van der Waals surface area contributed by atoms with Gasteiger partial charge in [-0.05, 0) is 31.5 Å². The summed E-state index contributed by atoms with van der Waals surface area (Å²) < 4.78 is 0. The van der Waals surface area contributed by atoms with Crippen molar-refractivity contribution in [3.05, 3.63) is 29.8 Å². The van der Waals surface area contributed by atoms with Gasteiger partial charge in [-0.2, -0.15) is 0 Å². The van der Waals surface area contributed by atoms with E-state index in [1.165, 1.54) is 0 Å². The average Bonchev–Trinajstić information content (AvgIpc) is 2.39. The Morgan fingerprint density at radius 3 is 2.68 bits per heavy atom. The van der Waals surface area contributed by atoms with Crippen LogP contribution in [0.25, 0.3) is 0 Å². The molecule has 0 saturated heterocycles. The van der Waals surface area contributed by atoms with Gasteiger partial charge in [0, 0.05) is 18.8 Å². The lowest BCUT2D eigenvalue weighted by atomic mass is 10.2. The van der Waals surface area contributed by atoms with E-state index >= 15 is 0 Å². The summed E-state index contributed by atoms with van der Waals surface area (Å²) in [5, 5.41) is 2.95. The predicted molar refractivity (Wildman–Crippen MR) is 80.2 cm³/mol. The molecule has 1 aromatic rings. The number of anilines is 1. The number of carbonyl (C=O) groups is 1. The van der Waals surface area contributed by atoms with E-state index in [2.05, 4.69) is 17.1 Å². The lowest BCUT2D eigenvalue weighted by Gasteiger charge is -2.20. The number of amides is 1. The fourth-order valence-corrected chi connectivity index (χ4v) is 1.94. The molecule has 1 rings (SSSR count). The number of nitrogens with two attached hydrogens (primary N) is 1. The number of aryl methyl sites for hydroxylation is 1. The molecule has 0 radical (unpaired) electrons. The smallest absolute Gasteiger partial charge is 0.238 e. The molecule has 19 heavy (non-hydrogen) atoms. The van der Waals surface area contributed by atoms with Crippen LogP contribution in [0.2, 0.25) is 0 Å². The summed E-state index contributed by atoms with van der Waals surface area (Å²) in [4.78, 5) is 14.1. The Morgan fingerprint density at radius 1 is 1.32 bits per heavy atom. The SMILES string of the molecule is CCCCN(CCN)CC(=O)Nc1ccccc1C. The van der Waals surface area contributed by atoms with E-state index in [9.17, 15) is 4.79 Å². The summed E-state index contributed by atoms with van der Waals surface area (Å²) in [6.45, 7) is 6.82. The highest BCUT2D eigenvalue weighted by Crippen LogP contribution is 2.12. The van der Waals surface area contributed by atoms with E-state index in [0.29, 0.717) is 13.1 Å². The zero-order valence-corrected chi connectivity index (χ0v) is 12.0. The molecule has 0 aromatic heterocycles. The zero-order chi connectivity index (χ0) is 14.1. The second kappa shape index (κ2) is 8.67. The van der Waals surface area contributed by atoms with Gasteiger partial charge >= 0.3 is 0 Å². The van der Waals surface area contributed by atoms with Crippen LogP contribution in [0, 0.1) is 6.92 Å². The predicted octanol–water partition coefficient (Wildman–Crippen LogP) is 1.99. The van der Waals surface area contributed by atoms with Crippen LogP contribution < -0.4 is 11.1 Å².